The Kier molecular flexibility index (Phi) is 4.19. The molecule has 2 heteroatoms. The Balaban J connectivity index is 2.13. The first-order valence-electron chi connectivity index (χ1n) is 6.36. The first kappa shape index (κ1) is 12.2. The van der Waals surface area contributed by atoms with Gasteiger partial charge in [-0.3, -0.25) is 4.90 Å². The van der Waals surface area contributed by atoms with Gasteiger partial charge < -0.3 is 5.73 Å². The molecule has 1 aromatic carbocycles. The molecule has 0 spiro atoms. The van der Waals surface area contributed by atoms with E-state index in [2.05, 4.69) is 41.9 Å². The normalized spacial score (nSPS) is 14.5. The molecule has 1 aromatic rings. The monoisotopic (exact) mass is 228 g/mol. The molecule has 17 heavy (non-hydrogen) atoms. The van der Waals surface area contributed by atoms with Gasteiger partial charge >= 0.3 is 0 Å². The van der Waals surface area contributed by atoms with Crippen LogP contribution in [0, 0.1) is 11.8 Å². The Morgan fingerprint density at radius 1 is 1.35 bits per heavy atom. The van der Waals surface area contributed by atoms with Crippen molar-refractivity contribution in [1.82, 2.24) is 4.90 Å². The van der Waals surface area contributed by atoms with E-state index < -0.39 is 0 Å². The van der Waals surface area contributed by atoms with E-state index in [1.807, 2.05) is 6.07 Å². The van der Waals surface area contributed by atoms with Gasteiger partial charge in [-0.05, 0) is 31.0 Å². The van der Waals surface area contributed by atoms with Gasteiger partial charge in [0.2, 0.25) is 0 Å². The van der Waals surface area contributed by atoms with Gasteiger partial charge in [-0.1, -0.05) is 37.0 Å². The van der Waals surface area contributed by atoms with Crippen molar-refractivity contribution in [3.05, 3.63) is 35.4 Å². The van der Waals surface area contributed by atoms with Crippen LogP contribution in [-0.4, -0.2) is 24.0 Å². The van der Waals surface area contributed by atoms with Crippen LogP contribution in [0.25, 0.3) is 0 Å². The maximum absolute atomic E-state index is 5.43. The van der Waals surface area contributed by atoms with Gasteiger partial charge in [0.1, 0.15) is 0 Å². The molecule has 1 saturated carbocycles. The number of hydrogen-bond donors (Lipinski definition) is 1. The maximum atomic E-state index is 5.43. The molecule has 90 valence electrons. The summed E-state index contributed by atoms with van der Waals surface area (Å²) in [5, 5.41) is 0. The fourth-order valence-corrected chi connectivity index (χ4v) is 2.08. The second-order valence-corrected chi connectivity index (χ2v) is 4.46. The molecule has 0 bridgehead atoms. The van der Waals surface area contributed by atoms with E-state index in [9.17, 15) is 0 Å². The van der Waals surface area contributed by atoms with Crippen LogP contribution in [0.2, 0.25) is 0 Å². The number of nitrogens with two attached hydrogens (primary N) is 1. The Labute approximate surface area is 104 Å². The highest BCUT2D eigenvalue weighted by atomic mass is 15.2. The van der Waals surface area contributed by atoms with Gasteiger partial charge in [0.15, 0.2) is 0 Å². The molecule has 0 heterocycles. The summed E-state index contributed by atoms with van der Waals surface area (Å²) in [4.78, 5) is 2.53. The summed E-state index contributed by atoms with van der Waals surface area (Å²) < 4.78 is 0. The largest absolute Gasteiger partial charge is 0.320 e. The molecule has 1 fully saturated rings. The second-order valence-electron chi connectivity index (χ2n) is 4.46. The van der Waals surface area contributed by atoms with Crippen LogP contribution in [0.5, 0.6) is 0 Å². The van der Waals surface area contributed by atoms with Crippen LogP contribution >= 0.6 is 0 Å². The summed E-state index contributed by atoms with van der Waals surface area (Å²) in [6.07, 6.45) is 2.70. The van der Waals surface area contributed by atoms with Gasteiger partial charge in [-0.15, -0.1) is 0 Å². The smallest absolute Gasteiger partial charge is 0.0555 e. The lowest BCUT2D eigenvalue weighted by Gasteiger charge is -2.20. The molecule has 0 aromatic heterocycles. The predicted octanol–water partition coefficient (Wildman–Crippen LogP) is 1.98. The first-order chi connectivity index (χ1) is 8.35. The van der Waals surface area contributed by atoms with Crippen molar-refractivity contribution in [2.45, 2.75) is 32.4 Å². The van der Waals surface area contributed by atoms with Crippen molar-refractivity contribution < 1.29 is 0 Å². The van der Waals surface area contributed by atoms with Gasteiger partial charge in [0.05, 0.1) is 6.54 Å². The molecule has 2 N–H and O–H groups in total. The summed E-state index contributed by atoms with van der Waals surface area (Å²) in [5.74, 6) is 6.10. The molecule has 2 nitrogen and oxygen atoms in total. The highest BCUT2D eigenvalue weighted by Crippen LogP contribution is 2.28. The lowest BCUT2D eigenvalue weighted by atomic mass is 10.1. The molecule has 0 saturated heterocycles. The van der Waals surface area contributed by atoms with Gasteiger partial charge in [0.25, 0.3) is 0 Å². The zero-order valence-electron chi connectivity index (χ0n) is 10.4. The predicted molar refractivity (Wildman–Crippen MR) is 71.5 cm³/mol. The molecular formula is C15H20N2. The van der Waals surface area contributed by atoms with E-state index in [-0.39, 0.29) is 0 Å². The minimum Gasteiger partial charge on any atom is -0.320 e. The van der Waals surface area contributed by atoms with E-state index in [0.717, 1.165) is 24.7 Å². The Hall–Kier alpha value is -1.30. The van der Waals surface area contributed by atoms with Crippen molar-refractivity contribution >= 4 is 0 Å². The number of benzene rings is 1. The van der Waals surface area contributed by atoms with Crippen LogP contribution in [-0.2, 0) is 6.54 Å². The van der Waals surface area contributed by atoms with Crippen molar-refractivity contribution in [1.29, 1.82) is 0 Å². The quantitative estimate of drug-likeness (QED) is 0.798. The molecular weight excluding hydrogens is 208 g/mol. The van der Waals surface area contributed by atoms with Gasteiger partial charge in [-0.25, -0.2) is 0 Å². The Morgan fingerprint density at radius 3 is 2.76 bits per heavy atom. The fraction of sp³-hybridized carbons (Fsp3) is 0.467. The number of nitrogens with zero attached hydrogens (tertiary/aromatic N) is 1. The van der Waals surface area contributed by atoms with Crippen molar-refractivity contribution in [2.24, 2.45) is 5.73 Å². The fourth-order valence-electron chi connectivity index (χ4n) is 2.08. The van der Waals surface area contributed by atoms with E-state index >= 15 is 0 Å². The van der Waals surface area contributed by atoms with Crippen LogP contribution in [0.1, 0.15) is 30.9 Å². The molecule has 1 aliphatic carbocycles. The maximum Gasteiger partial charge on any atom is 0.0555 e. The summed E-state index contributed by atoms with van der Waals surface area (Å²) in [7, 11) is 0. The Bertz CT molecular complexity index is 424. The van der Waals surface area contributed by atoms with E-state index in [4.69, 9.17) is 5.73 Å². The average Bonchev–Trinajstić information content (AvgIpc) is 3.19. The van der Waals surface area contributed by atoms with Gasteiger partial charge in [-0.2, -0.15) is 0 Å². The van der Waals surface area contributed by atoms with Crippen molar-refractivity contribution in [3.8, 4) is 11.8 Å². The topological polar surface area (TPSA) is 29.3 Å². The standard InChI is InChI=1S/C15H20N2/c1-2-17(15-9-10-15)12-14-7-4-3-6-13(14)8-5-11-16/h3-4,6-7,15H,2,9-12,16H2,1H3. The SMILES string of the molecule is CCN(Cc1ccccc1C#CCN)C1CC1. The van der Waals surface area contributed by atoms with Crippen LogP contribution < -0.4 is 5.73 Å². The molecule has 0 amide bonds. The summed E-state index contributed by atoms with van der Waals surface area (Å²) >= 11 is 0. The third-order valence-corrected chi connectivity index (χ3v) is 3.19. The Morgan fingerprint density at radius 2 is 2.12 bits per heavy atom. The third kappa shape index (κ3) is 3.33. The van der Waals surface area contributed by atoms with Gasteiger partial charge in [0, 0.05) is 18.2 Å². The molecule has 1 aliphatic rings. The lowest BCUT2D eigenvalue weighted by Crippen LogP contribution is -2.25. The average molecular weight is 228 g/mol. The minimum absolute atomic E-state index is 0.425. The zero-order valence-corrected chi connectivity index (χ0v) is 10.4. The lowest BCUT2D eigenvalue weighted by molar-refractivity contribution is 0.269. The van der Waals surface area contributed by atoms with Crippen LogP contribution in [0.3, 0.4) is 0 Å². The highest BCUT2D eigenvalue weighted by Gasteiger charge is 2.27. The van der Waals surface area contributed by atoms with Crippen molar-refractivity contribution in [3.63, 3.8) is 0 Å². The molecule has 0 aliphatic heterocycles. The number of hydrogen-bond acceptors (Lipinski definition) is 2. The van der Waals surface area contributed by atoms with Crippen LogP contribution in [0.4, 0.5) is 0 Å². The third-order valence-electron chi connectivity index (χ3n) is 3.19. The zero-order chi connectivity index (χ0) is 12.1. The summed E-state index contributed by atoms with van der Waals surface area (Å²) in [6.45, 7) is 4.78. The molecule has 0 radical (unpaired) electrons. The molecule has 0 atom stereocenters. The minimum atomic E-state index is 0.425. The van der Waals surface area contributed by atoms with E-state index in [1.54, 1.807) is 0 Å². The summed E-state index contributed by atoms with van der Waals surface area (Å²) in [6, 6.07) is 9.18. The van der Waals surface area contributed by atoms with E-state index in [0.29, 0.717) is 6.54 Å². The second kappa shape index (κ2) is 5.86. The number of rotatable bonds is 4. The highest BCUT2D eigenvalue weighted by molar-refractivity contribution is 5.41. The molecule has 2 rings (SSSR count). The first-order valence-corrected chi connectivity index (χ1v) is 6.36. The molecule has 0 unspecified atom stereocenters. The van der Waals surface area contributed by atoms with Crippen LogP contribution in [0.15, 0.2) is 24.3 Å². The summed E-state index contributed by atoms with van der Waals surface area (Å²) in [5.41, 5.74) is 7.87. The van der Waals surface area contributed by atoms with E-state index in [1.165, 1.54) is 18.4 Å². The van der Waals surface area contributed by atoms with Crippen molar-refractivity contribution in [2.75, 3.05) is 13.1 Å².